The molecule has 1 aliphatic rings. The van der Waals surface area contributed by atoms with Gasteiger partial charge in [0.1, 0.15) is 0 Å². The van der Waals surface area contributed by atoms with Crippen LogP contribution in [0.3, 0.4) is 0 Å². The molecule has 1 aliphatic carbocycles. The van der Waals surface area contributed by atoms with Gasteiger partial charge in [0.05, 0.1) is 6.61 Å². The van der Waals surface area contributed by atoms with Gasteiger partial charge >= 0.3 is 0 Å². The molecular formula is C15H18N2O2. The first-order valence-corrected chi connectivity index (χ1v) is 6.75. The van der Waals surface area contributed by atoms with Gasteiger partial charge in [0, 0.05) is 20.0 Å². The molecule has 4 heteroatoms. The van der Waals surface area contributed by atoms with Gasteiger partial charge < -0.3 is 9.26 Å². The molecule has 1 atom stereocenters. The number of ether oxygens (including phenoxy) is 1. The SMILES string of the molecule is COCCc1noc(CC2CCc3ccccc32)n1. The first kappa shape index (κ1) is 12.4. The van der Waals surface area contributed by atoms with E-state index in [0.29, 0.717) is 18.9 Å². The van der Waals surface area contributed by atoms with Crippen LogP contribution < -0.4 is 0 Å². The standard InChI is InChI=1S/C15H18N2O2/c1-18-9-8-14-16-15(19-17-14)10-12-7-6-11-4-2-3-5-13(11)12/h2-5,12H,6-10H2,1H3. The summed E-state index contributed by atoms with van der Waals surface area (Å²) in [4.78, 5) is 4.43. The summed E-state index contributed by atoms with van der Waals surface area (Å²) in [6, 6.07) is 8.65. The lowest BCUT2D eigenvalue weighted by atomic mass is 9.98. The third kappa shape index (κ3) is 2.68. The van der Waals surface area contributed by atoms with Crippen LogP contribution in [0, 0.1) is 0 Å². The molecule has 1 aromatic carbocycles. The molecule has 0 saturated heterocycles. The van der Waals surface area contributed by atoms with E-state index in [1.54, 1.807) is 7.11 Å². The third-order valence-electron chi connectivity index (χ3n) is 3.72. The average molecular weight is 258 g/mol. The van der Waals surface area contributed by atoms with Gasteiger partial charge in [-0.1, -0.05) is 29.4 Å². The normalized spacial score (nSPS) is 17.6. The Morgan fingerprint density at radius 2 is 2.26 bits per heavy atom. The van der Waals surface area contributed by atoms with Gasteiger partial charge in [-0.05, 0) is 29.9 Å². The quantitative estimate of drug-likeness (QED) is 0.827. The van der Waals surface area contributed by atoms with E-state index in [1.807, 2.05) is 0 Å². The van der Waals surface area contributed by atoms with Gasteiger partial charge in [0.15, 0.2) is 5.82 Å². The van der Waals surface area contributed by atoms with Gasteiger partial charge in [-0.2, -0.15) is 4.98 Å². The molecule has 4 nitrogen and oxygen atoms in total. The van der Waals surface area contributed by atoms with Gasteiger partial charge in [-0.15, -0.1) is 0 Å². The third-order valence-corrected chi connectivity index (χ3v) is 3.72. The van der Waals surface area contributed by atoms with Crippen LogP contribution >= 0.6 is 0 Å². The van der Waals surface area contributed by atoms with Crippen LogP contribution in [0.15, 0.2) is 28.8 Å². The summed E-state index contributed by atoms with van der Waals surface area (Å²) in [6.45, 7) is 0.630. The lowest BCUT2D eigenvalue weighted by Crippen LogP contribution is -2.00. The van der Waals surface area contributed by atoms with Crippen molar-refractivity contribution >= 4 is 0 Å². The molecule has 3 rings (SSSR count). The van der Waals surface area contributed by atoms with Crippen molar-refractivity contribution < 1.29 is 9.26 Å². The molecule has 1 aromatic heterocycles. The molecule has 100 valence electrons. The maximum atomic E-state index is 5.32. The van der Waals surface area contributed by atoms with Crippen molar-refractivity contribution in [2.45, 2.75) is 31.6 Å². The summed E-state index contributed by atoms with van der Waals surface area (Å²) in [5, 5.41) is 3.99. The fourth-order valence-corrected chi connectivity index (χ4v) is 2.74. The van der Waals surface area contributed by atoms with Gasteiger partial charge in [0.2, 0.25) is 5.89 Å². The van der Waals surface area contributed by atoms with Crippen LogP contribution in [0.1, 0.15) is 35.2 Å². The molecule has 0 fully saturated rings. The van der Waals surface area contributed by atoms with E-state index in [-0.39, 0.29) is 0 Å². The lowest BCUT2D eigenvalue weighted by molar-refractivity contribution is 0.199. The van der Waals surface area contributed by atoms with Crippen LogP contribution in [-0.4, -0.2) is 23.9 Å². The van der Waals surface area contributed by atoms with Crippen molar-refractivity contribution in [3.05, 3.63) is 47.1 Å². The van der Waals surface area contributed by atoms with Gasteiger partial charge in [-0.3, -0.25) is 0 Å². The predicted molar refractivity (Wildman–Crippen MR) is 71.1 cm³/mol. The molecule has 2 aromatic rings. The van der Waals surface area contributed by atoms with Crippen molar-refractivity contribution in [3.63, 3.8) is 0 Å². The van der Waals surface area contributed by atoms with Crippen LogP contribution in [0.2, 0.25) is 0 Å². The highest BCUT2D eigenvalue weighted by Gasteiger charge is 2.24. The highest BCUT2D eigenvalue weighted by atomic mass is 16.5. The summed E-state index contributed by atoms with van der Waals surface area (Å²) in [5.41, 5.74) is 2.91. The molecule has 0 bridgehead atoms. The minimum atomic E-state index is 0.520. The highest BCUT2D eigenvalue weighted by Crippen LogP contribution is 2.34. The molecule has 1 unspecified atom stereocenters. The van der Waals surface area contributed by atoms with E-state index in [0.717, 1.165) is 24.6 Å². The summed E-state index contributed by atoms with van der Waals surface area (Å²) in [7, 11) is 1.68. The zero-order chi connectivity index (χ0) is 13.1. The Labute approximate surface area is 112 Å². The predicted octanol–water partition coefficient (Wildman–Crippen LogP) is 2.53. The second-order valence-corrected chi connectivity index (χ2v) is 4.99. The average Bonchev–Trinajstić information content (AvgIpc) is 3.05. The minimum Gasteiger partial charge on any atom is -0.384 e. The van der Waals surface area contributed by atoms with E-state index in [1.165, 1.54) is 17.5 Å². The first-order valence-electron chi connectivity index (χ1n) is 6.75. The number of fused-ring (bicyclic) bond motifs is 1. The number of hydrogen-bond donors (Lipinski definition) is 0. The molecule has 19 heavy (non-hydrogen) atoms. The van der Waals surface area contributed by atoms with Crippen LogP contribution in [-0.2, 0) is 24.0 Å². The summed E-state index contributed by atoms with van der Waals surface area (Å²) in [6.07, 6.45) is 3.89. The highest BCUT2D eigenvalue weighted by molar-refractivity contribution is 5.35. The second kappa shape index (κ2) is 5.53. The number of hydrogen-bond acceptors (Lipinski definition) is 4. The molecule has 0 amide bonds. The number of aryl methyl sites for hydroxylation is 1. The number of benzene rings is 1. The molecule has 0 spiro atoms. The monoisotopic (exact) mass is 258 g/mol. The second-order valence-electron chi connectivity index (χ2n) is 4.99. The van der Waals surface area contributed by atoms with E-state index in [4.69, 9.17) is 9.26 Å². The summed E-state index contributed by atoms with van der Waals surface area (Å²) in [5.74, 6) is 2.00. The smallest absolute Gasteiger partial charge is 0.227 e. The Morgan fingerprint density at radius 1 is 1.37 bits per heavy atom. The Morgan fingerprint density at radius 3 is 3.16 bits per heavy atom. The van der Waals surface area contributed by atoms with E-state index < -0.39 is 0 Å². The van der Waals surface area contributed by atoms with Crippen molar-refractivity contribution in [2.75, 3.05) is 13.7 Å². The van der Waals surface area contributed by atoms with E-state index in [9.17, 15) is 0 Å². The Hall–Kier alpha value is -1.68. The number of nitrogens with zero attached hydrogens (tertiary/aromatic N) is 2. The zero-order valence-corrected chi connectivity index (χ0v) is 11.1. The van der Waals surface area contributed by atoms with Crippen molar-refractivity contribution in [1.82, 2.24) is 10.1 Å². The van der Waals surface area contributed by atoms with Crippen LogP contribution in [0.4, 0.5) is 0 Å². The van der Waals surface area contributed by atoms with E-state index in [2.05, 4.69) is 34.4 Å². The minimum absolute atomic E-state index is 0.520. The molecule has 0 saturated carbocycles. The summed E-state index contributed by atoms with van der Waals surface area (Å²) >= 11 is 0. The number of aromatic nitrogens is 2. The number of methoxy groups -OCH3 is 1. The van der Waals surface area contributed by atoms with Crippen LogP contribution in [0.5, 0.6) is 0 Å². The molecule has 1 heterocycles. The molecule has 0 radical (unpaired) electrons. The van der Waals surface area contributed by atoms with Crippen molar-refractivity contribution in [2.24, 2.45) is 0 Å². The molecular weight excluding hydrogens is 240 g/mol. The van der Waals surface area contributed by atoms with Gasteiger partial charge in [0.25, 0.3) is 0 Å². The molecule has 0 N–H and O–H groups in total. The van der Waals surface area contributed by atoms with Gasteiger partial charge in [-0.25, -0.2) is 0 Å². The fraction of sp³-hybridized carbons (Fsp3) is 0.467. The largest absolute Gasteiger partial charge is 0.384 e. The summed E-state index contributed by atoms with van der Waals surface area (Å²) < 4.78 is 10.3. The lowest BCUT2D eigenvalue weighted by Gasteiger charge is -2.07. The topological polar surface area (TPSA) is 48.2 Å². The Kier molecular flexibility index (Phi) is 3.60. The maximum absolute atomic E-state index is 5.32. The van der Waals surface area contributed by atoms with Crippen LogP contribution in [0.25, 0.3) is 0 Å². The molecule has 0 aliphatic heterocycles. The van der Waals surface area contributed by atoms with Crippen molar-refractivity contribution in [3.8, 4) is 0 Å². The Bertz CT molecular complexity index is 551. The van der Waals surface area contributed by atoms with E-state index >= 15 is 0 Å². The fourth-order valence-electron chi connectivity index (χ4n) is 2.74. The maximum Gasteiger partial charge on any atom is 0.227 e. The zero-order valence-electron chi connectivity index (χ0n) is 11.1. The number of rotatable bonds is 5. The first-order chi connectivity index (χ1) is 9.36. The van der Waals surface area contributed by atoms with Crippen molar-refractivity contribution in [1.29, 1.82) is 0 Å². The Balaban J connectivity index is 1.68.